The highest BCUT2D eigenvalue weighted by atomic mass is 31.0. The van der Waals surface area contributed by atoms with Gasteiger partial charge in [0.15, 0.2) is 0 Å². The maximum Gasteiger partial charge on any atom is 0.118 e. The van der Waals surface area contributed by atoms with Gasteiger partial charge in [0.2, 0.25) is 0 Å². The van der Waals surface area contributed by atoms with Crippen molar-refractivity contribution in [3.63, 3.8) is 0 Å². The fourth-order valence-corrected chi connectivity index (χ4v) is 1.11. The van der Waals surface area contributed by atoms with Gasteiger partial charge in [0.1, 0.15) is 11.5 Å². The monoisotopic (exact) mass is 247 g/mol. The fraction of sp³-hybridized carbons (Fsp3) is 0.143. The minimum atomic E-state index is 0. The molecule has 3 radical (unpaired) electrons. The standard InChI is InChI=1S/2C7H8O.P/c2*1-8-7-5-3-2-4-6-7;/h2*2-6H,1H3;. The molecule has 2 rings (SSSR count). The van der Waals surface area contributed by atoms with Crippen molar-refractivity contribution in [2.45, 2.75) is 0 Å². The largest absolute Gasteiger partial charge is 0.497 e. The van der Waals surface area contributed by atoms with Crippen molar-refractivity contribution in [3.05, 3.63) is 60.7 Å². The summed E-state index contributed by atoms with van der Waals surface area (Å²) in [5.41, 5.74) is 0. The number of methoxy groups -OCH3 is 2. The Morgan fingerprint density at radius 2 is 0.882 bits per heavy atom. The van der Waals surface area contributed by atoms with E-state index in [9.17, 15) is 0 Å². The van der Waals surface area contributed by atoms with Gasteiger partial charge in [-0.1, -0.05) is 36.4 Å². The maximum absolute atomic E-state index is 4.91. The van der Waals surface area contributed by atoms with E-state index in [0.717, 1.165) is 11.5 Å². The first-order valence-corrected chi connectivity index (χ1v) is 5.05. The van der Waals surface area contributed by atoms with Gasteiger partial charge < -0.3 is 9.47 Å². The van der Waals surface area contributed by atoms with Crippen LogP contribution in [-0.2, 0) is 0 Å². The van der Waals surface area contributed by atoms with E-state index in [1.807, 2.05) is 60.7 Å². The average molecular weight is 247 g/mol. The van der Waals surface area contributed by atoms with Gasteiger partial charge in [-0.3, -0.25) is 0 Å². The molecule has 0 aliphatic rings. The number of benzene rings is 2. The molecule has 0 fully saturated rings. The summed E-state index contributed by atoms with van der Waals surface area (Å²) in [6.07, 6.45) is 0. The van der Waals surface area contributed by atoms with Crippen molar-refractivity contribution in [3.8, 4) is 11.5 Å². The molecule has 89 valence electrons. The predicted molar refractivity (Wildman–Crippen MR) is 72.9 cm³/mol. The molecule has 2 aromatic carbocycles. The van der Waals surface area contributed by atoms with Crippen LogP contribution in [0.5, 0.6) is 11.5 Å². The molecule has 17 heavy (non-hydrogen) atoms. The third kappa shape index (κ3) is 6.60. The molecule has 3 heteroatoms. The Bertz CT molecular complexity index is 336. The van der Waals surface area contributed by atoms with Crippen molar-refractivity contribution in [2.24, 2.45) is 0 Å². The average Bonchev–Trinajstić information content (AvgIpc) is 2.41. The quantitative estimate of drug-likeness (QED) is 0.738. The zero-order chi connectivity index (χ0) is 11.6. The van der Waals surface area contributed by atoms with Crippen LogP contribution in [0.3, 0.4) is 0 Å². The van der Waals surface area contributed by atoms with Gasteiger partial charge >= 0.3 is 0 Å². The topological polar surface area (TPSA) is 18.5 Å². The van der Waals surface area contributed by atoms with Gasteiger partial charge in [-0.2, -0.15) is 0 Å². The van der Waals surface area contributed by atoms with Gasteiger partial charge in [-0.15, -0.1) is 0 Å². The summed E-state index contributed by atoms with van der Waals surface area (Å²) in [4.78, 5) is 0. The molecule has 0 atom stereocenters. The first kappa shape index (κ1) is 15.5. The van der Waals surface area contributed by atoms with Crippen LogP contribution in [0.1, 0.15) is 0 Å². The fourth-order valence-electron chi connectivity index (χ4n) is 1.11. The van der Waals surface area contributed by atoms with Gasteiger partial charge in [0.25, 0.3) is 0 Å². The number of ether oxygens (including phenoxy) is 2. The van der Waals surface area contributed by atoms with Crippen LogP contribution in [0, 0.1) is 0 Å². The van der Waals surface area contributed by atoms with Gasteiger partial charge in [-0.05, 0) is 24.3 Å². The summed E-state index contributed by atoms with van der Waals surface area (Å²) in [7, 11) is 3.32. The molecule has 0 unspecified atom stereocenters. The van der Waals surface area contributed by atoms with Gasteiger partial charge in [0, 0.05) is 9.90 Å². The van der Waals surface area contributed by atoms with Crippen molar-refractivity contribution in [2.75, 3.05) is 14.2 Å². The molecule has 0 amide bonds. The normalized spacial score (nSPS) is 8.12. The van der Waals surface area contributed by atoms with Crippen LogP contribution in [0.2, 0.25) is 0 Å². The molecule has 0 aromatic heterocycles. The zero-order valence-electron chi connectivity index (χ0n) is 10.0. The zero-order valence-corrected chi connectivity index (χ0v) is 10.9. The molecule has 0 saturated carbocycles. The van der Waals surface area contributed by atoms with Crippen LogP contribution in [0.25, 0.3) is 0 Å². The van der Waals surface area contributed by atoms with Gasteiger partial charge in [-0.25, -0.2) is 0 Å². The maximum atomic E-state index is 4.91. The molecule has 0 aliphatic heterocycles. The second-order valence-corrected chi connectivity index (χ2v) is 3.03. The molecular weight excluding hydrogens is 231 g/mol. The summed E-state index contributed by atoms with van der Waals surface area (Å²) in [6, 6.07) is 19.4. The van der Waals surface area contributed by atoms with Crippen LogP contribution < -0.4 is 9.47 Å². The number of hydrogen-bond donors (Lipinski definition) is 0. The Hall–Kier alpha value is -1.53. The lowest BCUT2D eigenvalue weighted by Crippen LogP contribution is -1.78. The molecule has 0 saturated heterocycles. The number of hydrogen-bond acceptors (Lipinski definition) is 2. The van der Waals surface area contributed by atoms with Gasteiger partial charge in [0.05, 0.1) is 14.2 Å². The Morgan fingerprint density at radius 1 is 0.588 bits per heavy atom. The molecular formula is C14H16O2P. The summed E-state index contributed by atoms with van der Waals surface area (Å²) in [5, 5.41) is 0. The first-order valence-electron chi connectivity index (χ1n) is 5.05. The third-order valence-corrected chi connectivity index (χ3v) is 1.96. The van der Waals surface area contributed by atoms with Crippen molar-refractivity contribution < 1.29 is 9.47 Å². The summed E-state index contributed by atoms with van der Waals surface area (Å²) >= 11 is 0. The first-order chi connectivity index (χ1) is 7.86. The van der Waals surface area contributed by atoms with E-state index in [1.165, 1.54) is 0 Å². The van der Waals surface area contributed by atoms with E-state index in [0.29, 0.717) is 0 Å². The van der Waals surface area contributed by atoms with E-state index in [4.69, 9.17) is 9.47 Å². The van der Waals surface area contributed by atoms with Crippen molar-refractivity contribution in [1.29, 1.82) is 0 Å². The lowest BCUT2D eigenvalue weighted by molar-refractivity contribution is 0.414. The predicted octanol–water partition coefficient (Wildman–Crippen LogP) is 4.25. The summed E-state index contributed by atoms with van der Waals surface area (Å²) < 4.78 is 9.83. The Morgan fingerprint density at radius 3 is 1.06 bits per heavy atom. The molecule has 0 aliphatic carbocycles. The lowest BCUT2D eigenvalue weighted by atomic mass is 10.3. The van der Waals surface area contributed by atoms with Crippen LogP contribution >= 0.6 is 9.90 Å². The summed E-state index contributed by atoms with van der Waals surface area (Å²) in [5.74, 6) is 1.82. The number of para-hydroxylation sites is 2. The molecule has 0 bridgehead atoms. The SMILES string of the molecule is COc1ccccc1.COc1ccccc1.[P]. The molecule has 2 nitrogen and oxygen atoms in total. The van der Waals surface area contributed by atoms with Crippen molar-refractivity contribution in [1.82, 2.24) is 0 Å². The van der Waals surface area contributed by atoms with E-state index < -0.39 is 0 Å². The third-order valence-electron chi connectivity index (χ3n) is 1.96. The van der Waals surface area contributed by atoms with Crippen LogP contribution in [-0.4, -0.2) is 14.2 Å². The molecule has 2 aromatic rings. The molecule has 0 spiro atoms. The highest BCUT2D eigenvalue weighted by Crippen LogP contribution is 2.06. The minimum Gasteiger partial charge on any atom is -0.497 e. The van der Waals surface area contributed by atoms with Crippen LogP contribution in [0.15, 0.2) is 60.7 Å². The van der Waals surface area contributed by atoms with Crippen LogP contribution in [0.4, 0.5) is 0 Å². The van der Waals surface area contributed by atoms with E-state index in [-0.39, 0.29) is 9.90 Å². The second kappa shape index (κ2) is 9.68. The lowest BCUT2D eigenvalue weighted by Gasteiger charge is -1.93. The van der Waals surface area contributed by atoms with E-state index in [2.05, 4.69) is 0 Å². The van der Waals surface area contributed by atoms with Crippen molar-refractivity contribution >= 4 is 9.90 Å². The molecule has 0 N–H and O–H groups in total. The second-order valence-electron chi connectivity index (χ2n) is 3.03. The molecule has 0 heterocycles. The smallest absolute Gasteiger partial charge is 0.118 e. The Balaban J connectivity index is 0.000000284. The Kier molecular flexibility index (Phi) is 8.81. The van der Waals surface area contributed by atoms with E-state index in [1.54, 1.807) is 14.2 Å². The highest BCUT2D eigenvalue weighted by molar-refractivity contribution is 6.92. The summed E-state index contributed by atoms with van der Waals surface area (Å²) in [6.45, 7) is 0. The van der Waals surface area contributed by atoms with E-state index >= 15 is 0 Å². The Labute approximate surface area is 106 Å². The minimum absolute atomic E-state index is 0. The highest BCUT2D eigenvalue weighted by Gasteiger charge is 1.80. The number of rotatable bonds is 2.